The number of nitrogens with two attached hydrogens (primary N) is 1. The number of carbonyl (C=O) groups excluding carboxylic acids is 1. The van der Waals surface area contributed by atoms with Crippen LogP contribution in [0, 0.1) is 11.3 Å². The van der Waals surface area contributed by atoms with E-state index in [0.717, 1.165) is 31.5 Å². The molecule has 3 N–H and O–H groups in total. The Balaban J connectivity index is 0.00000338. The summed E-state index contributed by atoms with van der Waals surface area (Å²) in [5.41, 5.74) is 8.75. The lowest BCUT2D eigenvalue weighted by Crippen LogP contribution is -2.54. The summed E-state index contributed by atoms with van der Waals surface area (Å²) in [6.45, 7) is 13.1. The summed E-state index contributed by atoms with van der Waals surface area (Å²) in [5, 5.41) is 3.13. The van der Waals surface area contributed by atoms with Gasteiger partial charge in [0, 0.05) is 19.1 Å². The summed E-state index contributed by atoms with van der Waals surface area (Å²) in [6.07, 6.45) is 2.04. The van der Waals surface area contributed by atoms with E-state index in [1.165, 1.54) is 5.56 Å². The smallest absolute Gasteiger partial charge is 0.234 e. The van der Waals surface area contributed by atoms with Gasteiger partial charge in [-0.1, -0.05) is 52.0 Å². The summed E-state index contributed by atoms with van der Waals surface area (Å²) in [5.74, 6) is 0.745. The molecule has 1 aliphatic heterocycles. The Kier molecular flexibility index (Phi) is 8.58. The molecule has 2 atom stereocenters. The van der Waals surface area contributed by atoms with Gasteiger partial charge in [-0.15, -0.1) is 12.4 Å². The Morgan fingerprint density at radius 3 is 2.42 bits per heavy atom. The number of hydrogen-bond acceptors (Lipinski definition) is 3. The number of piperidine rings is 1. The predicted molar refractivity (Wildman–Crippen MR) is 112 cm³/mol. The van der Waals surface area contributed by atoms with E-state index in [1.807, 2.05) is 6.92 Å². The van der Waals surface area contributed by atoms with Crippen molar-refractivity contribution in [2.24, 2.45) is 17.1 Å². The summed E-state index contributed by atoms with van der Waals surface area (Å²) in [6, 6.07) is 8.85. The first kappa shape index (κ1) is 22.9. The zero-order chi connectivity index (χ0) is 18.6. The molecule has 1 saturated heterocycles. The molecule has 1 heterocycles. The predicted octanol–water partition coefficient (Wildman–Crippen LogP) is 3.54. The summed E-state index contributed by atoms with van der Waals surface area (Å²) < 4.78 is 0. The molecule has 2 rings (SSSR count). The fourth-order valence-corrected chi connectivity index (χ4v) is 3.61. The molecule has 2 unspecified atom stereocenters. The van der Waals surface area contributed by atoms with Gasteiger partial charge in [0.1, 0.15) is 0 Å². The van der Waals surface area contributed by atoms with Crippen LogP contribution < -0.4 is 11.1 Å². The van der Waals surface area contributed by atoms with Crippen LogP contribution in [0.3, 0.4) is 0 Å². The van der Waals surface area contributed by atoms with Gasteiger partial charge in [-0.25, -0.2) is 0 Å². The van der Waals surface area contributed by atoms with E-state index in [-0.39, 0.29) is 35.8 Å². The van der Waals surface area contributed by atoms with Crippen molar-refractivity contribution < 1.29 is 4.79 Å². The molecule has 0 saturated carbocycles. The molecule has 1 aliphatic rings. The lowest BCUT2D eigenvalue weighted by molar-refractivity contribution is -0.123. The topological polar surface area (TPSA) is 58.4 Å². The highest BCUT2D eigenvalue weighted by molar-refractivity contribution is 5.85. The number of rotatable bonds is 6. The normalized spacial score (nSPS) is 21.1. The minimum atomic E-state index is 0. The molecular weight excluding hydrogens is 346 g/mol. The monoisotopic (exact) mass is 381 g/mol. The van der Waals surface area contributed by atoms with Gasteiger partial charge in [0.05, 0.1) is 12.6 Å². The third-order valence-corrected chi connectivity index (χ3v) is 5.26. The van der Waals surface area contributed by atoms with Crippen LogP contribution in [0.2, 0.25) is 0 Å². The van der Waals surface area contributed by atoms with Crippen molar-refractivity contribution in [3.8, 4) is 0 Å². The third-order valence-electron chi connectivity index (χ3n) is 5.26. The van der Waals surface area contributed by atoms with Gasteiger partial charge < -0.3 is 11.1 Å². The molecule has 26 heavy (non-hydrogen) atoms. The fraction of sp³-hybridized carbons (Fsp3) is 0.667. The molecule has 0 radical (unpaired) electrons. The van der Waals surface area contributed by atoms with Crippen LogP contribution in [0.4, 0.5) is 0 Å². The van der Waals surface area contributed by atoms with Crippen molar-refractivity contribution >= 4 is 18.3 Å². The molecule has 0 aromatic heterocycles. The van der Waals surface area contributed by atoms with E-state index >= 15 is 0 Å². The molecule has 0 aliphatic carbocycles. The van der Waals surface area contributed by atoms with Crippen LogP contribution in [-0.4, -0.2) is 36.5 Å². The van der Waals surface area contributed by atoms with Gasteiger partial charge in [-0.3, -0.25) is 9.69 Å². The van der Waals surface area contributed by atoms with Crippen molar-refractivity contribution in [3.63, 3.8) is 0 Å². The van der Waals surface area contributed by atoms with E-state index in [9.17, 15) is 4.79 Å². The first-order chi connectivity index (χ1) is 11.7. The molecule has 1 fully saturated rings. The van der Waals surface area contributed by atoms with Crippen LogP contribution in [0.1, 0.15) is 58.2 Å². The first-order valence-electron chi connectivity index (χ1n) is 9.53. The number of amides is 1. The quantitative estimate of drug-likeness (QED) is 0.792. The number of nitrogens with zero attached hydrogens (tertiary/aromatic N) is 1. The summed E-state index contributed by atoms with van der Waals surface area (Å²) in [7, 11) is 0. The third kappa shape index (κ3) is 6.57. The SMILES string of the molecule is CC(C)Cc1ccc(C(C)NC(=O)CN2CCC(N)C(C)(C)C2)cc1.Cl. The highest BCUT2D eigenvalue weighted by Crippen LogP contribution is 2.27. The second kappa shape index (κ2) is 9.72. The van der Waals surface area contributed by atoms with Gasteiger partial charge in [-0.2, -0.15) is 0 Å². The van der Waals surface area contributed by atoms with E-state index in [4.69, 9.17) is 5.73 Å². The second-order valence-electron chi connectivity index (χ2n) is 8.72. The first-order valence-corrected chi connectivity index (χ1v) is 9.53. The zero-order valence-corrected chi connectivity index (χ0v) is 17.7. The largest absolute Gasteiger partial charge is 0.348 e. The molecule has 4 nitrogen and oxygen atoms in total. The highest BCUT2D eigenvalue weighted by atomic mass is 35.5. The number of halogens is 1. The van der Waals surface area contributed by atoms with Crippen molar-refractivity contribution in [2.75, 3.05) is 19.6 Å². The van der Waals surface area contributed by atoms with E-state index in [2.05, 4.69) is 62.2 Å². The lowest BCUT2D eigenvalue weighted by atomic mass is 9.80. The molecule has 0 bridgehead atoms. The van der Waals surface area contributed by atoms with Crippen LogP contribution in [-0.2, 0) is 11.2 Å². The van der Waals surface area contributed by atoms with E-state index < -0.39 is 0 Å². The van der Waals surface area contributed by atoms with Crippen molar-refractivity contribution in [1.29, 1.82) is 0 Å². The van der Waals surface area contributed by atoms with E-state index in [1.54, 1.807) is 0 Å². The lowest BCUT2D eigenvalue weighted by Gasteiger charge is -2.42. The Labute approximate surface area is 165 Å². The molecule has 1 aromatic carbocycles. The van der Waals surface area contributed by atoms with Gasteiger partial charge in [0.25, 0.3) is 0 Å². The molecule has 148 valence electrons. The molecule has 1 amide bonds. The molecule has 0 spiro atoms. The van der Waals surface area contributed by atoms with Crippen molar-refractivity contribution in [3.05, 3.63) is 35.4 Å². The highest BCUT2D eigenvalue weighted by Gasteiger charge is 2.33. The van der Waals surface area contributed by atoms with Crippen LogP contribution >= 0.6 is 12.4 Å². The number of carbonyl (C=O) groups is 1. The molecule has 5 heteroatoms. The average Bonchev–Trinajstić information content (AvgIpc) is 2.50. The second-order valence-corrected chi connectivity index (χ2v) is 8.72. The minimum Gasteiger partial charge on any atom is -0.348 e. The number of benzene rings is 1. The van der Waals surface area contributed by atoms with Gasteiger partial charge in [-0.05, 0) is 42.2 Å². The maximum Gasteiger partial charge on any atom is 0.234 e. The fourth-order valence-electron chi connectivity index (χ4n) is 3.61. The van der Waals surface area contributed by atoms with Crippen LogP contribution in [0.15, 0.2) is 24.3 Å². The van der Waals surface area contributed by atoms with Gasteiger partial charge in [0.15, 0.2) is 0 Å². The standard InChI is InChI=1S/C21H35N3O.ClH/c1-15(2)12-17-6-8-18(9-7-17)16(3)23-20(25)13-24-11-10-19(22)21(4,5)14-24;/h6-9,15-16,19H,10-14,22H2,1-5H3,(H,23,25);1H. The Morgan fingerprint density at radius 1 is 1.27 bits per heavy atom. The van der Waals surface area contributed by atoms with Crippen molar-refractivity contribution in [1.82, 2.24) is 10.2 Å². The molecular formula is C21H36ClN3O. The van der Waals surface area contributed by atoms with Crippen LogP contribution in [0.5, 0.6) is 0 Å². The minimum absolute atomic E-state index is 0. The molecule has 1 aromatic rings. The number of likely N-dealkylation sites (tertiary alicyclic amines) is 1. The number of hydrogen-bond donors (Lipinski definition) is 2. The Morgan fingerprint density at radius 2 is 1.88 bits per heavy atom. The zero-order valence-electron chi connectivity index (χ0n) is 16.9. The summed E-state index contributed by atoms with van der Waals surface area (Å²) in [4.78, 5) is 14.6. The Bertz CT molecular complexity index is 571. The van der Waals surface area contributed by atoms with Gasteiger partial charge in [0.2, 0.25) is 5.91 Å². The maximum absolute atomic E-state index is 12.4. The van der Waals surface area contributed by atoms with E-state index in [0.29, 0.717) is 12.5 Å². The Hall–Kier alpha value is -1.10. The van der Waals surface area contributed by atoms with Crippen LogP contribution in [0.25, 0.3) is 0 Å². The maximum atomic E-state index is 12.4. The summed E-state index contributed by atoms with van der Waals surface area (Å²) >= 11 is 0. The average molecular weight is 382 g/mol. The van der Waals surface area contributed by atoms with Gasteiger partial charge >= 0.3 is 0 Å². The van der Waals surface area contributed by atoms with Crippen molar-refractivity contribution in [2.45, 2.75) is 59.5 Å². The number of nitrogens with one attached hydrogen (secondary N) is 1.